The fourth-order valence-corrected chi connectivity index (χ4v) is 2.19. The second kappa shape index (κ2) is 7.23. The number of piperidine rings is 1. The van der Waals surface area contributed by atoms with Crippen molar-refractivity contribution in [3.8, 4) is 0 Å². The van der Waals surface area contributed by atoms with Crippen LogP contribution in [0.4, 0.5) is 4.79 Å². The Morgan fingerprint density at radius 3 is 2.90 bits per heavy atom. The molecule has 2 heterocycles. The van der Waals surface area contributed by atoms with Gasteiger partial charge in [0.25, 0.3) is 0 Å². The summed E-state index contributed by atoms with van der Waals surface area (Å²) in [6, 6.07) is -0.0673. The van der Waals surface area contributed by atoms with Gasteiger partial charge in [-0.1, -0.05) is 5.16 Å². The molecule has 0 radical (unpaired) electrons. The minimum Gasteiger partial charge on any atom is -0.371 e. The van der Waals surface area contributed by atoms with E-state index in [1.54, 1.807) is 0 Å². The third-order valence-electron chi connectivity index (χ3n) is 3.30. The van der Waals surface area contributed by atoms with Crippen LogP contribution in [-0.4, -0.2) is 40.8 Å². The minimum atomic E-state index is -0.199. The molecule has 1 saturated heterocycles. The predicted molar refractivity (Wildman–Crippen MR) is 72.0 cm³/mol. The van der Waals surface area contributed by atoms with Crippen molar-refractivity contribution in [2.75, 3.05) is 19.7 Å². The average Bonchev–Trinajstić information content (AvgIpc) is 2.95. The maximum Gasteiger partial charge on any atom is 0.317 e. The van der Waals surface area contributed by atoms with E-state index >= 15 is 0 Å². The molecule has 0 aliphatic carbocycles. The second-order valence-electron chi connectivity index (χ2n) is 4.85. The molecule has 20 heavy (non-hydrogen) atoms. The van der Waals surface area contributed by atoms with Crippen LogP contribution in [0.25, 0.3) is 0 Å². The number of ether oxygens (including phenoxy) is 1. The number of rotatable bonds is 5. The first-order valence-electron chi connectivity index (χ1n) is 7.17. The van der Waals surface area contributed by atoms with Gasteiger partial charge in [-0.2, -0.15) is 4.98 Å². The summed E-state index contributed by atoms with van der Waals surface area (Å²) in [7, 11) is 0. The first kappa shape index (κ1) is 14.8. The van der Waals surface area contributed by atoms with Crippen LogP contribution in [0.3, 0.4) is 0 Å². The normalized spacial score (nSPS) is 17.0. The highest BCUT2D eigenvalue weighted by Crippen LogP contribution is 2.13. The van der Waals surface area contributed by atoms with Gasteiger partial charge in [0, 0.05) is 19.7 Å². The standard InChI is InChI=1S/C13H22N4O3/c1-3-19-10(2)12-15-11(20-16-12)9-14-13(18)17-7-5-4-6-8-17/h10H,3-9H2,1-2H3,(H,14,18)/t10-/m1/s1. The van der Waals surface area contributed by atoms with Crippen molar-refractivity contribution < 1.29 is 14.1 Å². The molecule has 0 unspecified atom stereocenters. The number of nitrogens with zero attached hydrogens (tertiary/aromatic N) is 3. The van der Waals surface area contributed by atoms with Gasteiger partial charge in [-0.25, -0.2) is 4.79 Å². The van der Waals surface area contributed by atoms with Crippen molar-refractivity contribution >= 4 is 6.03 Å². The Bertz CT molecular complexity index is 429. The van der Waals surface area contributed by atoms with Gasteiger partial charge in [0.05, 0.1) is 6.54 Å². The van der Waals surface area contributed by atoms with E-state index in [4.69, 9.17) is 9.26 Å². The number of urea groups is 1. The van der Waals surface area contributed by atoms with E-state index in [2.05, 4.69) is 15.5 Å². The van der Waals surface area contributed by atoms with Gasteiger partial charge in [-0.3, -0.25) is 0 Å². The third-order valence-corrected chi connectivity index (χ3v) is 3.30. The van der Waals surface area contributed by atoms with E-state index in [0.29, 0.717) is 18.3 Å². The fraction of sp³-hybridized carbons (Fsp3) is 0.769. The lowest BCUT2D eigenvalue weighted by Gasteiger charge is -2.26. The maximum atomic E-state index is 11.9. The molecular weight excluding hydrogens is 260 g/mol. The largest absolute Gasteiger partial charge is 0.371 e. The molecule has 1 N–H and O–H groups in total. The molecule has 1 aliphatic rings. The Morgan fingerprint density at radius 1 is 1.45 bits per heavy atom. The lowest BCUT2D eigenvalue weighted by molar-refractivity contribution is 0.0683. The summed E-state index contributed by atoms with van der Waals surface area (Å²) < 4.78 is 10.5. The Morgan fingerprint density at radius 2 is 2.20 bits per heavy atom. The summed E-state index contributed by atoms with van der Waals surface area (Å²) in [6.07, 6.45) is 3.15. The van der Waals surface area contributed by atoms with Crippen molar-refractivity contribution in [2.45, 2.75) is 45.8 Å². The number of amides is 2. The molecule has 112 valence electrons. The van der Waals surface area contributed by atoms with E-state index in [0.717, 1.165) is 25.9 Å². The highest BCUT2D eigenvalue weighted by atomic mass is 16.5. The quantitative estimate of drug-likeness (QED) is 0.891. The molecule has 0 bridgehead atoms. The lowest BCUT2D eigenvalue weighted by atomic mass is 10.1. The van der Waals surface area contributed by atoms with Crippen molar-refractivity contribution in [3.63, 3.8) is 0 Å². The van der Waals surface area contributed by atoms with Crippen molar-refractivity contribution in [3.05, 3.63) is 11.7 Å². The highest BCUT2D eigenvalue weighted by Gasteiger charge is 2.18. The van der Waals surface area contributed by atoms with E-state index < -0.39 is 0 Å². The van der Waals surface area contributed by atoms with Crippen LogP contribution in [0.2, 0.25) is 0 Å². The number of likely N-dealkylation sites (tertiary alicyclic amines) is 1. The topological polar surface area (TPSA) is 80.5 Å². The highest BCUT2D eigenvalue weighted by molar-refractivity contribution is 5.74. The molecule has 1 aliphatic heterocycles. The number of carbonyl (C=O) groups is 1. The Labute approximate surface area is 118 Å². The van der Waals surface area contributed by atoms with Gasteiger partial charge in [0.15, 0.2) is 5.82 Å². The zero-order chi connectivity index (χ0) is 14.4. The van der Waals surface area contributed by atoms with Crippen LogP contribution in [-0.2, 0) is 11.3 Å². The monoisotopic (exact) mass is 282 g/mol. The predicted octanol–water partition coefficient (Wildman–Crippen LogP) is 1.86. The first-order chi connectivity index (χ1) is 9.70. The molecule has 7 heteroatoms. The van der Waals surface area contributed by atoms with Gasteiger partial charge < -0.3 is 19.5 Å². The maximum absolute atomic E-state index is 11.9. The lowest BCUT2D eigenvalue weighted by Crippen LogP contribution is -2.42. The van der Waals surface area contributed by atoms with E-state index in [-0.39, 0.29) is 18.7 Å². The molecular formula is C13H22N4O3. The summed E-state index contributed by atoms with van der Waals surface area (Å²) in [5.74, 6) is 0.908. The number of aromatic nitrogens is 2. The van der Waals surface area contributed by atoms with Crippen LogP contribution in [0, 0.1) is 0 Å². The van der Waals surface area contributed by atoms with Crippen LogP contribution < -0.4 is 5.32 Å². The van der Waals surface area contributed by atoms with Gasteiger partial charge >= 0.3 is 6.03 Å². The van der Waals surface area contributed by atoms with Crippen LogP contribution in [0.1, 0.15) is 50.9 Å². The van der Waals surface area contributed by atoms with Gasteiger partial charge in [-0.05, 0) is 33.1 Å². The SMILES string of the molecule is CCO[C@H](C)c1noc(CNC(=O)N2CCCCC2)n1. The number of hydrogen-bond donors (Lipinski definition) is 1. The number of hydrogen-bond acceptors (Lipinski definition) is 5. The fourth-order valence-electron chi connectivity index (χ4n) is 2.19. The van der Waals surface area contributed by atoms with Crippen LogP contribution in [0.15, 0.2) is 4.52 Å². The third kappa shape index (κ3) is 3.93. The molecule has 1 fully saturated rings. The van der Waals surface area contributed by atoms with Crippen molar-refractivity contribution in [1.82, 2.24) is 20.4 Å². The number of nitrogens with one attached hydrogen (secondary N) is 1. The van der Waals surface area contributed by atoms with Gasteiger partial charge in [0.2, 0.25) is 5.89 Å². The summed E-state index contributed by atoms with van der Waals surface area (Å²) in [4.78, 5) is 17.9. The van der Waals surface area contributed by atoms with Crippen molar-refractivity contribution in [2.24, 2.45) is 0 Å². The second-order valence-corrected chi connectivity index (χ2v) is 4.85. The van der Waals surface area contributed by atoms with Crippen LogP contribution in [0.5, 0.6) is 0 Å². The summed E-state index contributed by atoms with van der Waals surface area (Å²) in [5.41, 5.74) is 0. The molecule has 1 aromatic rings. The molecule has 1 atom stereocenters. The summed E-state index contributed by atoms with van der Waals surface area (Å²) >= 11 is 0. The zero-order valence-electron chi connectivity index (χ0n) is 12.1. The smallest absolute Gasteiger partial charge is 0.317 e. The summed E-state index contributed by atoms with van der Waals surface area (Å²) in [5, 5.41) is 6.65. The van der Waals surface area contributed by atoms with Gasteiger partial charge in [-0.15, -0.1) is 0 Å². The molecule has 1 aromatic heterocycles. The van der Waals surface area contributed by atoms with Crippen LogP contribution >= 0.6 is 0 Å². The molecule has 0 spiro atoms. The van der Waals surface area contributed by atoms with E-state index in [1.165, 1.54) is 6.42 Å². The minimum absolute atomic E-state index is 0.0673. The molecule has 2 rings (SSSR count). The molecule has 0 aromatic carbocycles. The molecule has 2 amide bonds. The zero-order valence-corrected chi connectivity index (χ0v) is 12.1. The first-order valence-corrected chi connectivity index (χ1v) is 7.17. The van der Waals surface area contributed by atoms with Crippen molar-refractivity contribution in [1.29, 1.82) is 0 Å². The summed E-state index contributed by atoms with van der Waals surface area (Å²) in [6.45, 7) is 6.27. The molecule has 7 nitrogen and oxygen atoms in total. The molecule has 0 saturated carbocycles. The average molecular weight is 282 g/mol. The van der Waals surface area contributed by atoms with Gasteiger partial charge in [0.1, 0.15) is 6.10 Å². The van der Waals surface area contributed by atoms with E-state index in [1.807, 2.05) is 18.7 Å². The Kier molecular flexibility index (Phi) is 5.34. The Hall–Kier alpha value is -1.63. The Balaban J connectivity index is 1.80. The number of carbonyl (C=O) groups excluding carboxylic acids is 1. The van der Waals surface area contributed by atoms with E-state index in [9.17, 15) is 4.79 Å².